The molecular weight excluding hydrogens is 870 g/mol. The van der Waals surface area contributed by atoms with Crippen molar-refractivity contribution in [3.63, 3.8) is 0 Å². The molecule has 4 aliphatic heterocycles. The van der Waals surface area contributed by atoms with E-state index in [0.29, 0.717) is 46.1 Å². The second-order valence-electron chi connectivity index (χ2n) is 14.5. The highest BCUT2D eigenvalue weighted by molar-refractivity contribution is 7.13. The largest absolute Gasteiger partial charge is 0.400 e. The first-order chi connectivity index (χ1) is 25.9. The minimum absolute atomic E-state index is 0. The lowest BCUT2D eigenvalue weighted by atomic mass is 9.94. The van der Waals surface area contributed by atoms with Crippen molar-refractivity contribution in [2.24, 2.45) is 11.5 Å². The normalized spacial score (nSPS) is 19.8. The van der Waals surface area contributed by atoms with E-state index in [2.05, 4.69) is 23.9 Å². The van der Waals surface area contributed by atoms with Crippen molar-refractivity contribution in [1.29, 1.82) is 0 Å². The van der Waals surface area contributed by atoms with Crippen LogP contribution < -0.4 is 11.5 Å². The van der Waals surface area contributed by atoms with Crippen LogP contribution in [-0.2, 0) is 48.1 Å². The number of nitrogens with zero attached hydrogens (tertiary/aromatic N) is 2. The maximum Gasteiger partial charge on any atom is 0.250 e. The number of Topliss-reactive ketones (excluding diaryl/α,β-unsaturated/α-hetero) is 2. The summed E-state index contributed by atoms with van der Waals surface area (Å²) in [6, 6.07) is 16.2. The number of primary amides is 2. The summed E-state index contributed by atoms with van der Waals surface area (Å²) >= 11 is 15.0. The van der Waals surface area contributed by atoms with Crippen LogP contribution in [0.3, 0.4) is 0 Å². The number of carbonyl (C=O) groups is 4. The van der Waals surface area contributed by atoms with Crippen molar-refractivity contribution in [1.82, 2.24) is 9.80 Å². The van der Waals surface area contributed by atoms with Gasteiger partial charge in [0.1, 0.15) is 11.6 Å². The van der Waals surface area contributed by atoms with Crippen LogP contribution in [0.25, 0.3) is 0 Å². The molecule has 310 valence electrons. The number of hydrogen-bond acceptors (Lipinski definition) is 9. The van der Waals surface area contributed by atoms with Gasteiger partial charge in [0.25, 0.3) is 0 Å². The summed E-state index contributed by atoms with van der Waals surface area (Å²) in [6.45, 7) is 0. The highest BCUT2D eigenvalue weighted by Gasteiger charge is 2.43. The van der Waals surface area contributed by atoms with Crippen molar-refractivity contribution in [3.05, 3.63) is 111 Å². The zero-order chi connectivity index (χ0) is 38.8. The summed E-state index contributed by atoms with van der Waals surface area (Å²) in [4.78, 5) is 58.5. The first-order valence-electron chi connectivity index (χ1n) is 18.2. The third-order valence-corrected chi connectivity index (χ3v) is 14.2. The maximum absolute atomic E-state index is 12.6. The van der Waals surface area contributed by atoms with Gasteiger partial charge in [-0.1, -0.05) is 47.5 Å². The molecule has 9 nitrogen and oxygen atoms in total. The second kappa shape index (κ2) is 21.1. The van der Waals surface area contributed by atoms with Gasteiger partial charge in [-0.3, -0.25) is 29.0 Å². The van der Waals surface area contributed by atoms with Gasteiger partial charge >= 0.3 is 0 Å². The van der Waals surface area contributed by atoms with Crippen LogP contribution in [0, 0.1) is 0 Å². The molecule has 2 saturated heterocycles. The van der Waals surface area contributed by atoms with Crippen LogP contribution >= 0.6 is 83.1 Å². The molecule has 4 atom stereocenters. The number of benzene rings is 2. The van der Waals surface area contributed by atoms with E-state index in [-0.39, 0.29) is 73.7 Å². The van der Waals surface area contributed by atoms with E-state index in [1.54, 1.807) is 46.9 Å². The molecule has 0 spiro atoms. The van der Waals surface area contributed by atoms with Crippen LogP contribution in [0.2, 0.25) is 10.0 Å². The van der Waals surface area contributed by atoms with Crippen molar-refractivity contribution in [2.75, 3.05) is 21.2 Å². The molecule has 2 aromatic heterocycles. The van der Waals surface area contributed by atoms with Crippen LogP contribution in [0.5, 0.6) is 0 Å². The minimum atomic E-state index is -0.407. The molecule has 2 aromatic carbocycles. The Kier molecular flexibility index (Phi) is 18.1. The molecule has 4 aliphatic rings. The molecule has 4 unspecified atom stereocenters. The van der Waals surface area contributed by atoms with Crippen molar-refractivity contribution < 1.29 is 24.3 Å². The first kappa shape index (κ1) is 48.8. The predicted octanol–water partition coefficient (Wildman–Crippen LogP) is 7.97. The van der Waals surface area contributed by atoms with Crippen molar-refractivity contribution in [2.45, 2.75) is 88.4 Å². The van der Waals surface area contributed by atoms with Gasteiger partial charge in [0, 0.05) is 86.5 Å². The summed E-state index contributed by atoms with van der Waals surface area (Å²) in [5.74, 6) is -0.634. The summed E-state index contributed by atoms with van der Waals surface area (Å²) < 4.78 is 0. The number of nitrogens with two attached hydrogens (primary N) is 2. The molecule has 57 heavy (non-hydrogen) atoms. The third-order valence-electron chi connectivity index (χ3n) is 11.2. The number of rotatable bonds is 10. The third kappa shape index (κ3) is 10.6. The fourth-order valence-corrected chi connectivity index (χ4v) is 11.9. The molecule has 5 N–H and O–H groups in total. The number of aliphatic hydroxyl groups excluding tert-OH is 1. The van der Waals surface area contributed by atoms with Gasteiger partial charge in [0.2, 0.25) is 11.8 Å². The van der Waals surface area contributed by atoms with E-state index in [9.17, 15) is 19.2 Å². The molecule has 6 heterocycles. The van der Waals surface area contributed by atoms with Crippen LogP contribution in [0.15, 0.2) is 48.5 Å². The lowest BCUT2D eigenvalue weighted by molar-refractivity contribution is -0.118. The maximum atomic E-state index is 12.6. The second-order valence-corrected chi connectivity index (χ2v) is 17.7. The lowest BCUT2D eigenvalue weighted by Crippen LogP contribution is -2.34. The van der Waals surface area contributed by atoms with E-state index in [1.165, 1.54) is 9.75 Å². The Balaban J connectivity index is 0.000000279. The molecule has 0 aliphatic carbocycles. The highest BCUT2D eigenvalue weighted by Crippen LogP contribution is 2.49. The number of halogens is 5. The molecule has 4 bridgehead atoms. The van der Waals surface area contributed by atoms with E-state index in [0.717, 1.165) is 77.6 Å². The average molecular weight is 919 g/mol. The Morgan fingerprint density at radius 3 is 1.26 bits per heavy atom. The smallest absolute Gasteiger partial charge is 0.250 e. The van der Waals surface area contributed by atoms with Crippen molar-refractivity contribution >= 4 is 106 Å². The zero-order valence-corrected chi connectivity index (χ0v) is 37.5. The summed E-state index contributed by atoms with van der Waals surface area (Å²) in [5, 5.41) is 8.31. The number of thiophene rings is 2. The molecule has 0 radical (unpaired) electrons. The molecule has 2 amide bonds. The zero-order valence-electron chi connectivity index (χ0n) is 31.9. The van der Waals surface area contributed by atoms with Crippen LogP contribution in [0.4, 0.5) is 0 Å². The molecular formula is C41H49Cl5N4O5S2. The molecule has 8 rings (SSSR count). The summed E-state index contributed by atoms with van der Waals surface area (Å²) in [5.41, 5.74) is 16.7. The van der Waals surface area contributed by atoms with Gasteiger partial charge in [-0.25, -0.2) is 0 Å². The van der Waals surface area contributed by atoms with Crippen LogP contribution in [0.1, 0.15) is 100 Å². The van der Waals surface area contributed by atoms with E-state index in [1.807, 2.05) is 24.3 Å². The van der Waals surface area contributed by atoms with Gasteiger partial charge in [-0.2, -0.15) is 0 Å². The minimum Gasteiger partial charge on any atom is -0.400 e. The Morgan fingerprint density at radius 1 is 0.614 bits per heavy atom. The Bertz CT molecular complexity index is 1910. The number of amides is 2. The van der Waals surface area contributed by atoms with E-state index >= 15 is 0 Å². The molecule has 0 saturated carbocycles. The van der Waals surface area contributed by atoms with E-state index in [4.69, 9.17) is 39.8 Å². The molecule has 2 fully saturated rings. The average Bonchev–Trinajstić information content (AvgIpc) is 3.82. The Hall–Kier alpha value is -2.55. The number of carbonyl (C=O) groups excluding carboxylic acids is 4. The monoisotopic (exact) mass is 916 g/mol. The SMILES string of the molecule is CN1C2CCC1c1c(sc(CC(=O)Cc3ccc(Cl)cc3)c1C(N)=O)C2.CN1C2CCC1c1c(sc(CC(=O)Cc3ccc(Cl)cc3)c1C(N)=O)C2.CO.Cl.Cl.Cl. The summed E-state index contributed by atoms with van der Waals surface area (Å²) in [7, 11) is 5.25. The quantitative estimate of drug-likeness (QED) is 0.146. The molecule has 4 aromatic rings. The number of ketones is 2. The topological polar surface area (TPSA) is 147 Å². The van der Waals surface area contributed by atoms with Gasteiger partial charge in [-0.05, 0) is 99.1 Å². The fraction of sp³-hybridized carbons (Fsp3) is 0.415. The first-order valence-corrected chi connectivity index (χ1v) is 20.6. The lowest BCUT2D eigenvalue weighted by Gasteiger charge is -2.31. The van der Waals surface area contributed by atoms with Gasteiger partial charge < -0.3 is 16.6 Å². The van der Waals surface area contributed by atoms with Gasteiger partial charge in [-0.15, -0.1) is 59.9 Å². The highest BCUT2D eigenvalue weighted by atomic mass is 35.5. The predicted molar refractivity (Wildman–Crippen MR) is 238 cm³/mol. The molecule has 16 heteroatoms. The number of likely N-dealkylation sites (N-methyl/N-ethyl adjacent to an activating group) is 2. The van der Waals surface area contributed by atoms with Gasteiger partial charge in [0.05, 0.1) is 11.1 Å². The number of fused-ring (bicyclic) bond motifs is 8. The number of hydrogen-bond donors (Lipinski definition) is 3. The van der Waals surface area contributed by atoms with Gasteiger partial charge in [0.15, 0.2) is 0 Å². The Labute approximate surface area is 370 Å². The van der Waals surface area contributed by atoms with Crippen LogP contribution in [-0.4, -0.2) is 71.6 Å². The standard InChI is InChI=1S/2C20H21ClN2O2S.CH4O.3ClH/c2*1-23-13-6-7-15(23)18-16(9-13)26-17(19(18)20(22)25)10-14(24)8-11-2-4-12(21)5-3-11;1-2;;;/h2*2-5,13,15H,6-10H2,1H3,(H2,22,25);2H,1H3;3*1H. The van der Waals surface area contributed by atoms with Crippen molar-refractivity contribution in [3.8, 4) is 0 Å². The number of aliphatic hydroxyl groups is 1. The Morgan fingerprint density at radius 2 is 0.947 bits per heavy atom. The van der Waals surface area contributed by atoms with E-state index < -0.39 is 11.8 Å². The fourth-order valence-electron chi connectivity index (χ4n) is 8.67. The summed E-state index contributed by atoms with van der Waals surface area (Å²) in [6.07, 6.45) is 7.55.